The number of nitro groups is 1. The van der Waals surface area contributed by atoms with E-state index < -0.39 is 0 Å². The van der Waals surface area contributed by atoms with Gasteiger partial charge in [-0.15, -0.1) is 0 Å². The molecule has 0 bridgehead atoms. The Morgan fingerprint density at radius 2 is 2.06 bits per heavy atom. The van der Waals surface area contributed by atoms with Crippen LogP contribution in [0.15, 0.2) is 24.3 Å². The zero-order valence-electron chi connectivity index (χ0n) is 10.3. The molecule has 94 valence electrons. The molecule has 5 heteroatoms. The summed E-state index contributed by atoms with van der Waals surface area (Å²) in [5.41, 5.74) is 0.627. The summed E-state index contributed by atoms with van der Waals surface area (Å²) in [6.45, 7) is 4.61. The van der Waals surface area contributed by atoms with Crippen molar-refractivity contribution < 1.29 is 9.66 Å². The first kappa shape index (κ1) is 13.4. The molecule has 1 aromatic carbocycles. The SMILES string of the molecule is COCC(Nc1ccccc1[N+](=O)[O-])C(C)C. The maximum absolute atomic E-state index is 10.9. The van der Waals surface area contributed by atoms with Crippen LogP contribution in [-0.4, -0.2) is 24.7 Å². The van der Waals surface area contributed by atoms with Gasteiger partial charge in [0.25, 0.3) is 5.69 Å². The van der Waals surface area contributed by atoms with E-state index in [1.807, 2.05) is 13.8 Å². The molecule has 1 rings (SSSR count). The predicted molar refractivity (Wildman–Crippen MR) is 67.2 cm³/mol. The van der Waals surface area contributed by atoms with Gasteiger partial charge < -0.3 is 10.1 Å². The fourth-order valence-corrected chi connectivity index (χ4v) is 1.53. The van der Waals surface area contributed by atoms with E-state index in [0.29, 0.717) is 18.2 Å². The normalized spacial score (nSPS) is 12.5. The van der Waals surface area contributed by atoms with Gasteiger partial charge in [-0.05, 0) is 12.0 Å². The van der Waals surface area contributed by atoms with Crippen molar-refractivity contribution in [2.45, 2.75) is 19.9 Å². The number of benzene rings is 1. The second-order valence-electron chi connectivity index (χ2n) is 4.22. The van der Waals surface area contributed by atoms with Gasteiger partial charge in [-0.1, -0.05) is 26.0 Å². The van der Waals surface area contributed by atoms with E-state index in [4.69, 9.17) is 4.74 Å². The van der Waals surface area contributed by atoms with Crippen LogP contribution in [0.5, 0.6) is 0 Å². The lowest BCUT2D eigenvalue weighted by Gasteiger charge is -2.22. The number of methoxy groups -OCH3 is 1. The van der Waals surface area contributed by atoms with Crippen LogP contribution in [0.25, 0.3) is 0 Å². The fraction of sp³-hybridized carbons (Fsp3) is 0.500. The number of nitrogens with zero attached hydrogens (tertiary/aromatic N) is 1. The lowest BCUT2D eigenvalue weighted by Crippen LogP contribution is -2.30. The highest BCUT2D eigenvalue weighted by Crippen LogP contribution is 2.25. The highest BCUT2D eigenvalue weighted by molar-refractivity contribution is 5.61. The predicted octanol–water partition coefficient (Wildman–Crippen LogP) is 2.68. The van der Waals surface area contributed by atoms with Crippen molar-refractivity contribution in [1.29, 1.82) is 0 Å². The van der Waals surface area contributed by atoms with Crippen LogP contribution >= 0.6 is 0 Å². The van der Waals surface area contributed by atoms with E-state index in [2.05, 4.69) is 5.32 Å². The van der Waals surface area contributed by atoms with Crippen molar-refractivity contribution in [3.63, 3.8) is 0 Å². The first-order valence-corrected chi connectivity index (χ1v) is 5.55. The van der Waals surface area contributed by atoms with Gasteiger partial charge in [0.05, 0.1) is 17.6 Å². The molecule has 0 saturated heterocycles. The highest BCUT2D eigenvalue weighted by Gasteiger charge is 2.18. The summed E-state index contributed by atoms with van der Waals surface area (Å²) in [4.78, 5) is 10.5. The first-order valence-electron chi connectivity index (χ1n) is 5.55. The molecule has 0 aromatic heterocycles. The molecule has 0 saturated carbocycles. The maximum Gasteiger partial charge on any atom is 0.292 e. The maximum atomic E-state index is 10.9. The smallest absolute Gasteiger partial charge is 0.292 e. The summed E-state index contributed by atoms with van der Waals surface area (Å²) in [5, 5.41) is 14.0. The van der Waals surface area contributed by atoms with Crippen LogP contribution in [0.1, 0.15) is 13.8 Å². The third kappa shape index (κ3) is 3.71. The van der Waals surface area contributed by atoms with Gasteiger partial charge >= 0.3 is 0 Å². The molecule has 1 atom stereocenters. The largest absolute Gasteiger partial charge is 0.383 e. The molecule has 17 heavy (non-hydrogen) atoms. The quantitative estimate of drug-likeness (QED) is 0.611. The van der Waals surface area contributed by atoms with Crippen molar-refractivity contribution in [2.24, 2.45) is 5.92 Å². The number of nitrogens with one attached hydrogen (secondary N) is 1. The summed E-state index contributed by atoms with van der Waals surface area (Å²) >= 11 is 0. The molecule has 1 unspecified atom stereocenters. The van der Waals surface area contributed by atoms with Crippen LogP contribution in [0.2, 0.25) is 0 Å². The Labute approximate surface area is 101 Å². The minimum absolute atomic E-state index is 0.0566. The zero-order chi connectivity index (χ0) is 12.8. The van der Waals surface area contributed by atoms with Crippen LogP contribution in [-0.2, 0) is 4.74 Å². The summed E-state index contributed by atoms with van der Waals surface area (Å²) in [6, 6.07) is 6.69. The summed E-state index contributed by atoms with van der Waals surface area (Å²) in [7, 11) is 1.62. The third-order valence-corrected chi connectivity index (χ3v) is 2.59. The van der Waals surface area contributed by atoms with Gasteiger partial charge in [0.15, 0.2) is 0 Å². The Hall–Kier alpha value is -1.62. The van der Waals surface area contributed by atoms with Gasteiger partial charge in [0, 0.05) is 13.2 Å². The van der Waals surface area contributed by atoms with E-state index in [0.717, 1.165) is 0 Å². The van der Waals surface area contributed by atoms with E-state index in [-0.39, 0.29) is 16.7 Å². The van der Waals surface area contributed by atoms with E-state index in [1.54, 1.807) is 25.3 Å². The van der Waals surface area contributed by atoms with Crippen LogP contribution in [0.3, 0.4) is 0 Å². The Morgan fingerprint density at radius 1 is 1.41 bits per heavy atom. The average Bonchev–Trinajstić information content (AvgIpc) is 2.28. The van der Waals surface area contributed by atoms with E-state index in [9.17, 15) is 10.1 Å². The van der Waals surface area contributed by atoms with Crippen LogP contribution in [0.4, 0.5) is 11.4 Å². The second-order valence-corrected chi connectivity index (χ2v) is 4.22. The molecule has 5 nitrogen and oxygen atoms in total. The van der Waals surface area contributed by atoms with E-state index in [1.165, 1.54) is 6.07 Å². The third-order valence-electron chi connectivity index (χ3n) is 2.59. The zero-order valence-corrected chi connectivity index (χ0v) is 10.3. The Balaban J connectivity index is 2.88. The number of rotatable bonds is 6. The molecule has 0 aliphatic rings. The van der Waals surface area contributed by atoms with Gasteiger partial charge in [-0.2, -0.15) is 0 Å². The minimum Gasteiger partial charge on any atom is -0.383 e. The molecule has 0 radical (unpaired) electrons. The topological polar surface area (TPSA) is 64.4 Å². The van der Waals surface area contributed by atoms with Gasteiger partial charge in [0.2, 0.25) is 0 Å². The molecule has 0 aliphatic heterocycles. The Kier molecular flexibility index (Phi) is 4.90. The van der Waals surface area contributed by atoms with Crippen molar-refractivity contribution in [3.05, 3.63) is 34.4 Å². The molecule has 1 N–H and O–H groups in total. The Morgan fingerprint density at radius 3 is 2.59 bits per heavy atom. The molecule has 0 fully saturated rings. The number of hydrogen-bond acceptors (Lipinski definition) is 4. The molecule has 1 aromatic rings. The van der Waals surface area contributed by atoms with Crippen LogP contribution < -0.4 is 5.32 Å². The van der Waals surface area contributed by atoms with Crippen molar-refractivity contribution >= 4 is 11.4 Å². The lowest BCUT2D eigenvalue weighted by atomic mass is 10.0. The number of nitro benzene ring substituents is 1. The van der Waals surface area contributed by atoms with Crippen molar-refractivity contribution in [2.75, 3.05) is 19.0 Å². The Bertz CT molecular complexity index is 380. The summed E-state index contributed by atoms with van der Waals surface area (Å²) in [5.74, 6) is 0.328. The van der Waals surface area contributed by atoms with Crippen LogP contribution in [0, 0.1) is 16.0 Å². The molecule has 0 heterocycles. The van der Waals surface area contributed by atoms with E-state index >= 15 is 0 Å². The molecule has 0 aliphatic carbocycles. The van der Waals surface area contributed by atoms with Crippen molar-refractivity contribution in [1.82, 2.24) is 0 Å². The summed E-state index contributed by atoms with van der Waals surface area (Å²) < 4.78 is 5.11. The molecular weight excluding hydrogens is 220 g/mol. The molecule has 0 amide bonds. The summed E-state index contributed by atoms with van der Waals surface area (Å²) in [6.07, 6.45) is 0. The number of ether oxygens (including phenoxy) is 1. The number of para-hydroxylation sites is 2. The number of anilines is 1. The number of hydrogen-bond donors (Lipinski definition) is 1. The molecular formula is C12H18N2O3. The second kappa shape index (κ2) is 6.20. The molecule has 0 spiro atoms. The van der Waals surface area contributed by atoms with Gasteiger partial charge in [-0.3, -0.25) is 10.1 Å². The van der Waals surface area contributed by atoms with Gasteiger partial charge in [0.1, 0.15) is 5.69 Å². The van der Waals surface area contributed by atoms with Crippen molar-refractivity contribution in [3.8, 4) is 0 Å². The lowest BCUT2D eigenvalue weighted by molar-refractivity contribution is -0.384. The van der Waals surface area contributed by atoms with Gasteiger partial charge in [-0.25, -0.2) is 0 Å². The minimum atomic E-state index is -0.382. The standard InChI is InChI=1S/C12H18N2O3/c1-9(2)11(8-17-3)13-10-6-4-5-7-12(10)14(15)16/h4-7,9,11,13H,8H2,1-3H3. The fourth-order valence-electron chi connectivity index (χ4n) is 1.53. The monoisotopic (exact) mass is 238 g/mol. The first-order chi connectivity index (χ1) is 8.06. The average molecular weight is 238 g/mol. The highest BCUT2D eigenvalue weighted by atomic mass is 16.6.